The SMILES string of the molecule is Cc1cc(Oc2ccc(CO)cc2C#N)ccn1. The number of aliphatic hydroxyl groups is 1. The van der Waals surface area contributed by atoms with Gasteiger partial charge in [0.15, 0.2) is 0 Å². The van der Waals surface area contributed by atoms with E-state index in [-0.39, 0.29) is 6.61 Å². The van der Waals surface area contributed by atoms with Crippen molar-refractivity contribution in [3.05, 3.63) is 53.3 Å². The maximum absolute atomic E-state index is 9.05. The van der Waals surface area contributed by atoms with Crippen molar-refractivity contribution in [3.8, 4) is 17.6 Å². The summed E-state index contributed by atoms with van der Waals surface area (Å²) < 4.78 is 5.64. The Morgan fingerprint density at radius 1 is 1.33 bits per heavy atom. The summed E-state index contributed by atoms with van der Waals surface area (Å²) in [6.07, 6.45) is 1.65. The maximum Gasteiger partial charge on any atom is 0.145 e. The smallest absolute Gasteiger partial charge is 0.145 e. The molecule has 18 heavy (non-hydrogen) atoms. The molecular weight excluding hydrogens is 228 g/mol. The number of hydrogen-bond donors (Lipinski definition) is 1. The minimum absolute atomic E-state index is 0.0939. The number of aromatic nitrogens is 1. The molecule has 0 radical (unpaired) electrons. The Hall–Kier alpha value is -2.38. The second kappa shape index (κ2) is 5.30. The molecule has 0 amide bonds. The van der Waals surface area contributed by atoms with E-state index in [1.807, 2.05) is 6.92 Å². The highest BCUT2D eigenvalue weighted by atomic mass is 16.5. The molecule has 0 unspecified atom stereocenters. The van der Waals surface area contributed by atoms with Crippen LogP contribution in [0.4, 0.5) is 0 Å². The highest BCUT2D eigenvalue weighted by Crippen LogP contribution is 2.25. The van der Waals surface area contributed by atoms with Crippen LogP contribution < -0.4 is 4.74 Å². The van der Waals surface area contributed by atoms with Gasteiger partial charge in [-0.1, -0.05) is 6.07 Å². The molecule has 0 bridgehead atoms. The largest absolute Gasteiger partial charge is 0.456 e. The van der Waals surface area contributed by atoms with E-state index in [0.717, 1.165) is 5.69 Å². The van der Waals surface area contributed by atoms with Crippen LogP contribution in [0.2, 0.25) is 0 Å². The first-order chi connectivity index (χ1) is 8.72. The van der Waals surface area contributed by atoms with Gasteiger partial charge in [-0.25, -0.2) is 0 Å². The quantitative estimate of drug-likeness (QED) is 0.895. The van der Waals surface area contributed by atoms with Gasteiger partial charge in [0.1, 0.15) is 17.6 Å². The summed E-state index contributed by atoms with van der Waals surface area (Å²) >= 11 is 0. The van der Waals surface area contributed by atoms with E-state index in [0.29, 0.717) is 22.6 Å². The molecule has 4 heteroatoms. The lowest BCUT2D eigenvalue weighted by Gasteiger charge is -2.08. The van der Waals surface area contributed by atoms with Crippen LogP contribution in [0.3, 0.4) is 0 Å². The number of aryl methyl sites for hydroxylation is 1. The van der Waals surface area contributed by atoms with E-state index in [2.05, 4.69) is 11.1 Å². The monoisotopic (exact) mass is 240 g/mol. The predicted molar refractivity (Wildman–Crippen MR) is 66.1 cm³/mol. The Morgan fingerprint density at radius 2 is 2.17 bits per heavy atom. The van der Waals surface area contributed by atoms with Crippen molar-refractivity contribution in [1.82, 2.24) is 4.98 Å². The van der Waals surface area contributed by atoms with Crippen LogP contribution in [-0.2, 0) is 6.61 Å². The van der Waals surface area contributed by atoms with Gasteiger partial charge in [-0.15, -0.1) is 0 Å². The topological polar surface area (TPSA) is 66.1 Å². The van der Waals surface area contributed by atoms with Crippen LogP contribution >= 0.6 is 0 Å². The minimum atomic E-state index is -0.0939. The summed E-state index contributed by atoms with van der Waals surface area (Å²) in [7, 11) is 0. The van der Waals surface area contributed by atoms with Crippen LogP contribution in [0.5, 0.6) is 11.5 Å². The molecule has 2 rings (SSSR count). The molecule has 4 nitrogen and oxygen atoms in total. The second-order valence-electron chi connectivity index (χ2n) is 3.84. The Kier molecular flexibility index (Phi) is 3.56. The standard InChI is InChI=1S/C14H12N2O2/c1-10-6-13(4-5-16-10)18-14-3-2-11(9-17)7-12(14)8-15/h2-7,17H,9H2,1H3. The number of hydrogen-bond acceptors (Lipinski definition) is 4. The lowest BCUT2D eigenvalue weighted by atomic mass is 10.1. The molecule has 1 N–H and O–H groups in total. The third-order valence-electron chi connectivity index (χ3n) is 2.44. The van der Waals surface area contributed by atoms with E-state index >= 15 is 0 Å². The van der Waals surface area contributed by atoms with Gasteiger partial charge in [-0.3, -0.25) is 4.98 Å². The fraction of sp³-hybridized carbons (Fsp3) is 0.143. The van der Waals surface area contributed by atoms with Crippen LogP contribution in [-0.4, -0.2) is 10.1 Å². The molecule has 0 atom stereocenters. The molecule has 1 aromatic heterocycles. The summed E-state index contributed by atoms with van der Waals surface area (Å²) in [5.41, 5.74) is 1.93. The molecule has 1 heterocycles. The van der Waals surface area contributed by atoms with Gasteiger partial charge in [0.2, 0.25) is 0 Å². The van der Waals surface area contributed by atoms with Crippen LogP contribution in [0.1, 0.15) is 16.8 Å². The lowest BCUT2D eigenvalue weighted by molar-refractivity contribution is 0.281. The second-order valence-corrected chi connectivity index (χ2v) is 3.84. The van der Waals surface area contributed by atoms with Crippen molar-refractivity contribution in [3.63, 3.8) is 0 Å². The molecule has 0 aliphatic carbocycles. The number of rotatable bonds is 3. The highest BCUT2D eigenvalue weighted by Gasteiger charge is 2.06. The third-order valence-corrected chi connectivity index (χ3v) is 2.44. The third kappa shape index (κ3) is 2.65. The Labute approximate surface area is 105 Å². The van der Waals surface area contributed by atoms with Crippen molar-refractivity contribution < 1.29 is 9.84 Å². The molecule has 0 aliphatic rings. The number of ether oxygens (including phenoxy) is 1. The fourth-order valence-electron chi connectivity index (χ4n) is 1.56. The number of pyridine rings is 1. The number of nitrogens with zero attached hydrogens (tertiary/aromatic N) is 2. The van der Waals surface area contributed by atoms with Crippen molar-refractivity contribution in [1.29, 1.82) is 5.26 Å². The van der Waals surface area contributed by atoms with Gasteiger partial charge in [0.05, 0.1) is 12.2 Å². The summed E-state index contributed by atoms with van der Waals surface area (Å²) in [5.74, 6) is 1.11. The van der Waals surface area contributed by atoms with Crippen molar-refractivity contribution >= 4 is 0 Å². The van der Waals surface area contributed by atoms with Crippen LogP contribution in [0, 0.1) is 18.3 Å². The number of aliphatic hydroxyl groups excluding tert-OH is 1. The Bertz CT molecular complexity index is 603. The van der Waals surface area contributed by atoms with Gasteiger partial charge >= 0.3 is 0 Å². The zero-order chi connectivity index (χ0) is 13.0. The zero-order valence-corrected chi connectivity index (χ0v) is 9.92. The first-order valence-electron chi connectivity index (χ1n) is 5.47. The van der Waals surface area contributed by atoms with E-state index in [4.69, 9.17) is 15.1 Å². The molecule has 90 valence electrons. The van der Waals surface area contributed by atoms with Crippen molar-refractivity contribution in [2.24, 2.45) is 0 Å². The molecule has 0 saturated carbocycles. The zero-order valence-electron chi connectivity index (χ0n) is 9.92. The molecule has 0 spiro atoms. The van der Waals surface area contributed by atoms with Gasteiger partial charge in [-0.2, -0.15) is 5.26 Å². The average Bonchev–Trinajstić information content (AvgIpc) is 2.39. The summed E-state index contributed by atoms with van der Waals surface area (Å²) in [6, 6.07) is 10.6. The Morgan fingerprint density at radius 3 is 2.83 bits per heavy atom. The number of nitriles is 1. The van der Waals surface area contributed by atoms with E-state index < -0.39 is 0 Å². The molecule has 0 aliphatic heterocycles. The summed E-state index contributed by atoms with van der Waals surface area (Å²) in [5, 5.41) is 18.1. The minimum Gasteiger partial charge on any atom is -0.456 e. The lowest BCUT2D eigenvalue weighted by Crippen LogP contribution is -1.92. The predicted octanol–water partition coefficient (Wildman–Crippen LogP) is 2.55. The van der Waals surface area contributed by atoms with Gasteiger partial charge < -0.3 is 9.84 Å². The first kappa shape index (κ1) is 12.1. The molecular formula is C14H12N2O2. The van der Waals surface area contributed by atoms with E-state index in [1.54, 1.807) is 36.5 Å². The van der Waals surface area contributed by atoms with Gasteiger partial charge in [-0.05, 0) is 30.7 Å². The normalized spacial score (nSPS) is 9.83. The Balaban J connectivity index is 2.32. The highest BCUT2D eigenvalue weighted by molar-refractivity contribution is 5.47. The van der Waals surface area contributed by atoms with Crippen LogP contribution in [0.15, 0.2) is 36.5 Å². The van der Waals surface area contributed by atoms with Crippen molar-refractivity contribution in [2.75, 3.05) is 0 Å². The summed E-state index contributed by atoms with van der Waals surface area (Å²) in [4.78, 5) is 4.07. The van der Waals surface area contributed by atoms with Gasteiger partial charge in [0, 0.05) is 18.0 Å². The van der Waals surface area contributed by atoms with Crippen LogP contribution in [0.25, 0.3) is 0 Å². The van der Waals surface area contributed by atoms with E-state index in [9.17, 15) is 0 Å². The fourth-order valence-corrected chi connectivity index (χ4v) is 1.56. The molecule has 1 aromatic carbocycles. The van der Waals surface area contributed by atoms with Gasteiger partial charge in [0.25, 0.3) is 0 Å². The first-order valence-corrected chi connectivity index (χ1v) is 5.47. The molecule has 2 aromatic rings. The van der Waals surface area contributed by atoms with Crippen molar-refractivity contribution in [2.45, 2.75) is 13.5 Å². The molecule has 0 saturated heterocycles. The maximum atomic E-state index is 9.05. The van der Waals surface area contributed by atoms with E-state index in [1.165, 1.54) is 0 Å². The average molecular weight is 240 g/mol. The molecule has 0 fully saturated rings. The summed E-state index contributed by atoms with van der Waals surface area (Å²) in [6.45, 7) is 1.77. The number of benzene rings is 1.